The first-order chi connectivity index (χ1) is 7.28. The number of hydrogen-bond acceptors (Lipinski definition) is 2. The van der Waals surface area contributed by atoms with Crippen molar-refractivity contribution in [3.05, 3.63) is 23.2 Å². The zero-order valence-electron chi connectivity index (χ0n) is 9.80. The number of rotatable bonds is 2. The fraction of sp³-hybridized carbons (Fsp3) is 0.417. The largest absolute Gasteiger partial charge is 0.397 e. The lowest BCUT2D eigenvalue weighted by molar-refractivity contribution is -0.117. The van der Waals surface area contributed by atoms with Crippen molar-refractivity contribution in [3.8, 4) is 0 Å². The van der Waals surface area contributed by atoms with Crippen molar-refractivity contribution in [2.45, 2.75) is 27.2 Å². The maximum atomic E-state index is 11.7. The second-order valence-electron chi connectivity index (χ2n) is 5.02. The second kappa shape index (κ2) is 4.74. The van der Waals surface area contributed by atoms with Gasteiger partial charge >= 0.3 is 0 Å². The summed E-state index contributed by atoms with van der Waals surface area (Å²) in [6.07, 6.45) is 0.443. The Morgan fingerprint density at radius 3 is 2.62 bits per heavy atom. The van der Waals surface area contributed by atoms with E-state index in [9.17, 15) is 4.79 Å². The Balaban J connectivity index is 2.73. The predicted molar refractivity (Wildman–Crippen MR) is 68.6 cm³/mol. The lowest BCUT2D eigenvalue weighted by atomic mass is 9.92. The minimum Gasteiger partial charge on any atom is -0.397 e. The molecule has 88 valence electrons. The molecule has 0 heterocycles. The Hall–Kier alpha value is -1.22. The van der Waals surface area contributed by atoms with E-state index in [1.807, 2.05) is 20.8 Å². The Kier molecular flexibility index (Phi) is 3.81. The highest BCUT2D eigenvalue weighted by atomic mass is 35.5. The molecule has 1 rings (SSSR count). The summed E-state index contributed by atoms with van der Waals surface area (Å²) in [5.41, 5.74) is 6.78. The van der Waals surface area contributed by atoms with E-state index >= 15 is 0 Å². The van der Waals surface area contributed by atoms with Gasteiger partial charge in [-0.3, -0.25) is 4.79 Å². The van der Waals surface area contributed by atoms with Gasteiger partial charge in [-0.05, 0) is 23.6 Å². The normalized spacial score (nSPS) is 11.2. The van der Waals surface area contributed by atoms with Gasteiger partial charge in [0.15, 0.2) is 0 Å². The molecule has 1 amide bonds. The molecule has 1 aromatic carbocycles. The smallest absolute Gasteiger partial charge is 0.224 e. The average Bonchev–Trinajstić information content (AvgIpc) is 2.08. The summed E-state index contributed by atoms with van der Waals surface area (Å²) in [4.78, 5) is 11.7. The van der Waals surface area contributed by atoms with Gasteiger partial charge in [0, 0.05) is 11.4 Å². The van der Waals surface area contributed by atoms with Crippen LogP contribution in [0.25, 0.3) is 0 Å². The maximum Gasteiger partial charge on any atom is 0.224 e. The van der Waals surface area contributed by atoms with Crippen molar-refractivity contribution in [3.63, 3.8) is 0 Å². The van der Waals surface area contributed by atoms with Crippen LogP contribution < -0.4 is 11.1 Å². The number of amides is 1. The van der Waals surface area contributed by atoms with Gasteiger partial charge in [0.25, 0.3) is 0 Å². The number of hydrogen-bond donors (Lipinski definition) is 2. The maximum absolute atomic E-state index is 11.7. The van der Waals surface area contributed by atoms with E-state index in [1.54, 1.807) is 18.2 Å². The minimum atomic E-state index is -0.0542. The van der Waals surface area contributed by atoms with E-state index in [1.165, 1.54) is 0 Å². The number of nitrogens with one attached hydrogen (secondary N) is 1. The van der Waals surface area contributed by atoms with Crippen molar-refractivity contribution in [1.82, 2.24) is 0 Å². The molecule has 3 N–H and O–H groups in total. The monoisotopic (exact) mass is 240 g/mol. The third-order valence-corrected chi connectivity index (χ3v) is 2.22. The standard InChI is InChI=1S/C12H17ClN2O/c1-12(2,3)7-11(16)15-10-6-8(13)4-5-9(10)14/h4-6H,7,14H2,1-3H3,(H,15,16). The van der Waals surface area contributed by atoms with Crippen molar-refractivity contribution >= 4 is 28.9 Å². The van der Waals surface area contributed by atoms with Gasteiger partial charge in [-0.2, -0.15) is 0 Å². The Bertz CT molecular complexity index is 396. The number of carbonyl (C=O) groups is 1. The summed E-state index contributed by atoms with van der Waals surface area (Å²) in [5, 5.41) is 3.31. The van der Waals surface area contributed by atoms with Crippen LogP contribution >= 0.6 is 11.6 Å². The molecule has 0 unspecified atom stereocenters. The molecule has 0 aliphatic rings. The summed E-state index contributed by atoms with van der Waals surface area (Å²) >= 11 is 5.83. The number of carbonyl (C=O) groups excluding carboxylic acids is 1. The van der Waals surface area contributed by atoms with Gasteiger partial charge in [-0.15, -0.1) is 0 Å². The number of nitrogen functional groups attached to an aromatic ring is 1. The number of benzene rings is 1. The van der Waals surface area contributed by atoms with Crippen LogP contribution in [-0.4, -0.2) is 5.91 Å². The van der Waals surface area contributed by atoms with Crippen molar-refractivity contribution < 1.29 is 4.79 Å². The lowest BCUT2D eigenvalue weighted by Crippen LogP contribution is -2.20. The number of nitrogens with two attached hydrogens (primary N) is 1. The third-order valence-electron chi connectivity index (χ3n) is 1.98. The van der Waals surface area contributed by atoms with Crippen molar-refractivity contribution in [1.29, 1.82) is 0 Å². The van der Waals surface area contributed by atoms with Crippen molar-refractivity contribution in [2.75, 3.05) is 11.1 Å². The molecule has 16 heavy (non-hydrogen) atoms. The summed E-state index contributed by atoms with van der Waals surface area (Å²) in [7, 11) is 0. The number of anilines is 2. The van der Waals surface area contributed by atoms with E-state index in [2.05, 4.69) is 5.32 Å². The van der Waals surface area contributed by atoms with E-state index in [0.717, 1.165) is 0 Å². The predicted octanol–water partition coefficient (Wildman–Crippen LogP) is 3.30. The van der Waals surface area contributed by atoms with Gasteiger partial charge in [-0.25, -0.2) is 0 Å². The SMILES string of the molecule is CC(C)(C)CC(=O)Nc1cc(Cl)ccc1N. The highest BCUT2D eigenvalue weighted by Crippen LogP contribution is 2.25. The van der Waals surface area contributed by atoms with E-state index in [0.29, 0.717) is 22.8 Å². The molecule has 0 aliphatic heterocycles. The van der Waals surface area contributed by atoms with Gasteiger partial charge in [0.1, 0.15) is 0 Å². The van der Waals surface area contributed by atoms with Gasteiger partial charge in [-0.1, -0.05) is 32.4 Å². The highest BCUT2D eigenvalue weighted by Gasteiger charge is 2.16. The molecule has 0 fully saturated rings. The first-order valence-corrected chi connectivity index (χ1v) is 5.50. The van der Waals surface area contributed by atoms with E-state index in [-0.39, 0.29) is 11.3 Å². The molecule has 3 nitrogen and oxygen atoms in total. The molecule has 0 radical (unpaired) electrons. The molecule has 0 saturated heterocycles. The Morgan fingerprint density at radius 2 is 2.06 bits per heavy atom. The molecule has 0 saturated carbocycles. The fourth-order valence-corrected chi connectivity index (χ4v) is 1.48. The molecule has 0 atom stereocenters. The summed E-state index contributed by atoms with van der Waals surface area (Å²) in [5.74, 6) is -0.0542. The summed E-state index contributed by atoms with van der Waals surface area (Å²) in [6, 6.07) is 5.02. The topological polar surface area (TPSA) is 55.1 Å². The zero-order valence-corrected chi connectivity index (χ0v) is 10.6. The highest BCUT2D eigenvalue weighted by molar-refractivity contribution is 6.31. The van der Waals surface area contributed by atoms with Crippen molar-refractivity contribution in [2.24, 2.45) is 5.41 Å². The van der Waals surface area contributed by atoms with Crippen LogP contribution in [0.1, 0.15) is 27.2 Å². The van der Waals surface area contributed by atoms with Gasteiger partial charge in [0.05, 0.1) is 11.4 Å². The van der Waals surface area contributed by atoms with E-state index in [4.69, 9.17) is 17.3 Å². The average molecular weight is 241 g/mol. The fourth-order valence-electron chi connectivity index (χ4n) is 1.31. The van der Waals surface area contributed by atoms with Crippen LogP contribution in [0.5, 0.6) is 0 Å². The molecular formula is C12H17ClN2O. The first kappa shape index (κ1) is 12.8. The number of halogens is 1. The van der Waals surface area contributed by atoms with Crippen LogP contribution in [0.2, 0.25) is 5.02 Å². The van der Waals surface area contributed by atoms with Crippen LogP contribution in [0.4, 0.5) is 11.4 Å². The van der Waals surface area contributed by atoms with Crippen LogP contribution in [-0.2, 0) is 4.79 Å². The Morgan fingerprint density at radius 1 is 1.44 bits per heavy atom. The molecule has 0 spiro atoms. The van der Waals surface area contributed by atoms with Crippen LogP contribution in [0, 0.1) is 5.41 Å². The molecule has 0 aromatic heterocycles. The molecule has 4 heteroatoms. The van der Waals surface area contributed by atoms with Crippen LogP contribution in [0.3, 0.4) is 0 Å². The quantitative estimate of drug-likeness (QED) is 0.780. The zero-order chi connectivity index (χ0) is 12.3. The van der Waals surface area contributed by atoms with Gasteiger partial charge in [0.2, 0.25) is 5.91 Å². The van der Waals surface area contributed by atoms with Crippen LogP contribution in [0.15, 0.2) is 18.2 Å². The summed E-state index contributed by atoms with van der Waals surface area (Å²) in [6.45, 7) is 6.02. The molecule has 0 bridgehead atoms. The second-order valence-corrected chi connectivity index (χ2v) is 5.45. The molecular weight excluding hydrogens is 224 g/mol. The molecule has 1 aromatic rings. The Labute approximate surface area is 101 Å². The summed E-state index contributed by atoms with van der Waals surface area (Å²) < 4.78 is 0. The van der Waals surface area contributed by atoms with E-state index < -0.39 is 0 Å². The van der Waals surface area contributed by atoms with Gasteiger partial charge < -0.3 is 11.1 Å². The molecule has 0 aliphatic carbocycles. The third kappa shape index (κ3) is 4.11. The minimum absolute atomic E-state index is 0.0442. The lowest BCUT2D eigenvalue weighted by Gasteiger charge is -2.17. The first-order valence-electron chi connectivity index (χ1n) is 5.13.